The fourth-order valence-corrected chi connectivity index (χ4v) is 2.11. The van der Waals surface area contributed by atoms with Crippen LogP contribution >= 0.6 is 0 Å². The molecule has 112 valence electrons. The highest BCUT2D eigenvalue weighted by molar-refractivity contribution is 5.48. The van der Waals surface area contributed by atoms with Crippen LogP contribution in [0.1, 0.15) is 20.8 Å². The Kier molecular flexibility index (Phi) is 5.20. The van der Waals surface area contributed by atoms with Crippen molar-refractivity contribution >= 4 is 11.5 Å². The third-order valence-electron chi connectivity index (χ3n) is 3.19. The lowest BCUT2D eigenvalue weighted by Crippen LogP contribution is -2.38. The van der Waals surface area contributed by atoms with E-state index in [4.69, 9.17) is 4.74 Å². The Morgan fingerprint density at radius 1 is 1.20 bits per heavy atom. The summed E-state index contributed by atoms with van der Waals surface area (Å²) >= 11 is 0. The van der Waals surface area contributed by atoms with Gasteiger partial charge in [-0.25, -0.2) is 4.98 Å². The minimum absolute atomic E-state index is 0.167. The maximum atomic E-state index is 5.35. The first-order chi connectivity index (χ1) is 9.54. The van der Waals surface area contributed by atoms with Crippen LogP contribution in [0.3, 0.4) is 0 Å². The number of anilines is 2. The normalized spacial score (nSPS) is 16.2. The van der Waals surface area contributed by atoms with E-state index in [1.54, 1.807) is 0 Å². The minimum Gasteiger partial charge on any atom is -0.383 e. The zero-order chi connectivity index (χ0) is 14.4. The maximum absolute atomic E-state index is 5.35. The average molecular weight is 278 g/mol. The van der Waals surface area contributed by atoms with Crippen LogP contribution in [0.15, 0.2) is 18.3 Å². The second-order valence-electron chi connectivity index (χ2n) is 6.11. The zero-order valence-corrected chi connectivity index (χ0v) is 12.8. The molecular formula is C15H26N4O. The van der Waals surface area contributed by atoms with Crippen LogP contribution < -0.4 is 15.5 Å². The molecule has 1 aliphatic heterocycles. The highest BCUT2D eigenvalue weighted by Crippen LogP contribution is 2.15. The van der Waals surface area contributed by atoms with Gasteiger partial charge in [-0.3, -0.25) is 0 Å². The molecule has 0 radical (unpaired) electrons. The van der Waals surface area contributed by atoms with E-state index in [2.05, 4.69) is 53.4 Å². The van der Waals surface area contributed by atoms with Crippen LogP contribution in [0.5, 0.6) is 0 Å². The Hall–Kier alpha value is -1.33. The van der Waals surface area contributed by atoms with Gasteiger partial charge in [0.2, 0.25) is 0 Å². The van der Waals surface area contributed by atoms with E-state index in [9.17, 15) is 0 Å². The molecule has 2 rings (SSSR count). The monoisotopic (exact) mass is 278 g/mol. The van der Waals surface area contributed by atoms with Crippen molar-refractivity contribution in [3.05, 3.63) is 18.3 Å². The lowest BCUT2D eigenvalue weighted by Gasteiger charge is -2.27. The predicted octanol–water partition coefficient (Wildman–Crippen LogP) is 1.72. The molecule has 1 aliphatic rings. The van der Waals surface area contributed by atoms with Gasteiger partial charge < -0.3 is 20.3 Å². The number of hydrogen-bond acceptors (Lipinski definition) is 5. The molecule has 5 nitrogen and oxygen atoms in total. The van der Waals surface area contributed by atoms with Crippen LogP contribution in [0.25, 0.3) is 0 Å². The lowest BCUT2D eigenvalue weighted by molar-refractivity contribution is 0.122. The summed E-state index contributed by atoms with van der Waals surface area (Å²) in [5.74, 6) is 1.03. The minimum atomic E-state index is 0.167. The number of pyridine rings is 1. The van der Waals surface area contributed by atoms with E-state index in [-0.39, 0.29) is 5.54 Å². The third kappa shape index (κ3) is 4.98. The molecule has 0 saturated carbocycles. The predicted molar refractivity (Wildman–Crippen MR) is 83.5 cm³/mol. The largest absolute Gasteiger partial charge is 0.383 e. The SMILES string of the molecule is CC(C)(C)NCCNc1ccc(N2CCOCC2)nc1. The first-order valence-electron chi connectivity index (χ1n) is 7.32. The Bertz CT molecular complexity index is 393. The highest BCUT2D eigenvalue weighted by atomic mass is 16.5. The molecule has 0 aromatic carbocycles. The molecule has 0 bridgehead atoms. The number of hydrogen-bond donors (Lipinski definition) is 2. The molecule has 0 aliphatic carbocycles. The summed E-state index contributed by atoms with van der Waals surface area (Å²) < 4.78 is 5.35. The van der Waals surface area contributed by atoms with Gasteiger partial charge in [-0.2, -0.15) is 0 Å². The smallest absolute Gasteiger partial charge is 0.128 e. The van der Waals surface area contributed by atoms with Crippen molar-refractivity contribution in [2.24, 2.45) is 0 Å². The molecule has 5 heteroatoms. The molecule has 2 heterocycles. The van der Waals surface area contributed by atoms with E-state index < -0.39 is 0 Å². The van der Waals surface area contributed by atoms with Crippen LogP contribution in [0.2, 0.25) is 0 Å². The fraction of sp³-hybridized carbons (Fsp3) is 0.667. The van der Waals surface area contributed by atoms with E-state index in [1.165, 1.54) is 0 Å². The summed E-state index contributed by atoms with van der Waals surface area (Å²) in [6.07, 6.45) is 1.90. The molecule has 1 aromatic heterocycles. The summed E-state index contributed by atoms with van der Waals surface area (Å²) in [6.45, 7) is 11.8. The van der Waals surface area contributed by atoms with Crippen molar-refractivity contribution in [3.63, 3.8) is 0 Å². The van der Waals surface area contributed by atoms with Crippen LogP contribution in [-0.4, -0.2) is 49.9 Å². The molecule has 0 amide bonds. The van der Waals surface area contributed by atoms with Gasteiger partial charge in [-0.1, -0.05) is 0 Å². The average Bonchev–Trinajstić information content (AvgIpc) is 2.44. The van der Waals surface area contributed by atoms with Crippen molar-refractivity contribution in [1.29, 1.82) is 0 Å². The maximum Gasteiger partial charge on any atom is 0.128 e. The lowest BCUT2D eigenvalue weighted by atomic mass is 10.1. The van der Waals surface area contributed by atoms with Crippen LogP contribution in [-0.2, 0) is 4.74 Å². The first kappa shape index (κ1) is 15.1. The third-order valence-corrected chi connectivity index (χ3v) is 3.19. The van der Waals surface area contributed by atoms with E-state index in [1.807, 2.05) is 6.20 Å². The number of morpholine rings is 1. The van der Waals surface area contributed by atoms with Crippen molar-refractivity contribution in [3.8, 4) is 0 Å². The van der Waals surface area contributed by atoms with Gasteiger partial charge >= 0.3 is 0 Å². The molecule has 1 fully saturated rings. The number of aromatic nitrogens is 1. The topological polar surface area (TPSA) is 49.4 Å². The summed E-state index contributed by atoms with van der Waals surface area (Å²) in [4.78, 5) is 6.78. The standard InChI is InChI=1S/C15H26N4O/c1-15(2,3)18-7-6-16-13-4-5-14(17-12-13)19-8-10-20-11-9-19/h4-5,12,16,18H,6-11H2,1-3H3. The molecule has 0 spiro atoms. The molecule has 0 atom stereocenters. The van der Waals surface area contributed by atoms with Crippen LogP contribution in [0, 0.1) is 0 Å². The Balaban J connectivity index is 1.76. The number of ether oxygens (including phenoxy) is 1. The van der Waals surface area contributed by atoms with E-state index in [0.717, 1.165) is 50.9 Å². The van der Waals surface area contributed by atoms with Gasteiger partial charge in [-0.15, -0.1) is 0 Å². The van der Waals surface area contributed by atoms with Gasteiger partial charge in [-0.05, 0) is 32.9 Å². The van der Waals surface area contributed by atoms with E-state index >= 15 is 0 Å². The molecule has 20 heavy (non-hydrogen) atoms. The van der Waals surface area contributed by atoms with Crippen molar-refractivity contribution < 1.29 is 4.74 Å². The second kappa shape index (κ2) is 6.90. The van der Waals surface area contributed by atoms with Crippen molar-refractivity contribution in [2.45, 2.75) is 26.3 Å². The fourth-order valence-electron chi connectivity index (χ4n) is 2.11. The van der Waals surface area contributed by atoms with E-state index in [0.29, 0.717) is 0 Å². The Morgan fingerprint density at radius 3 is 2.55 bits per heavy atom. The second-order valence-corrected chi connectivity index (χ2v) is 6.11. The summed E-state index contributed by atoms with van der Waals surface area (Å²) in [7, 11) is 0. The molecule has 2 N–H and O–H groups in total. The number of nitrogens with one attached hydrogen (secondary N) is 2. The Morgan fingerprint density at radius 2 is 1.95 bits per heavy atom. The van der Waals surface area contributed by atoms with Gasteiger partial charge in [0.25, 0.3) is 0 Å². The van der Waals surface area contributed by atoms with Crippen LogP contribution in [0.4, 0.5) is 11.5 Å². The Labute approximate surface area is 121 Å². The molecular weight excluding hydrogens is 252 g/mol. The zero-order valence-electron chi connectivity index (χ0n) is 12.8. The molecule has 1 aromatic rings. The molecule has 0 unspecified atom stereocenters. The summed E-state index contributed by atoms with van der Waals surface area (Å²) in [5, 5.41) is 6.83. The van der Waals surface area contributed by atoms with Gasteiger partial charge in [0.15, 0.2) is 0 Å². The first-order valence-corrected chi connectivity index (χ1v) is 7.32. The van der Waals surface area contributed by atoms with Crippen molar-refractivity contribution in [1.82, 2.24) is 10.3 Å². The summed E-state index contributed by atoms with van der Waals surface area (Å²) in [5.41, 5.74) is 1.23. The highest BCUT2D eigenvalue weighted by Gasteiger charge is 2.12. The van der Waals surface area contributed by atoms with Gasteiger partial charge in [0.1, 0.15) is 5.82 Å². The number of rotatable bonds is 5. The molecule has 1 saturated heterocycles. The van der Waals surface area contributed by atoms with Crippen molar-refractivity contribution in [2.75, 3.05) is 49.6 Å². The summed E-state index contributed by atoms with van der Waals surface area (Å²) in [6, 6.07) is 4.17. The quantitative estimate of drug-likeness (QED) is 0.803. The number of nitrogens with zero attached hydrogens (tertiary/aromatic N) is 2. The van der Waals surface area contributed by atoms with Gasteiger partial charge in [0, 0.05) is 31.7 Å². The van der Waals surface area contributed by atoms with Gasteiger partial charge in [0.05, 0.1) is 25.1 Å².